The average Bonchev–Trinajstić information content (AvgIpc) is 3.09. The molecule has 3 aromatic rings. The number of benzene rings is 2. The summed E-state index contributed by atoms with van der Waals surface area (Å²) >= 11 is 7.55. The second kappa shape index (κ2) is 9.51. The number of halogens is 1. The molecule has 162 valence electrons. The van der Waals surface area contributed by atoms with Crippen molar-refractivity contribution in [1.82, 2.24) is 4.57 Å². The molecule has 0 amide bonds. The maximum absolute atomic E-state index is 13.4. The first-order valence-electron chi connectivity index (χ1n) is 10.2. The summed E-state index contributed by atoms with van der Waals surface area (Å²) in [7, 11) is 0. The molecule has 4 rings (SSSR count). The third-order valence-electron chi connectivity index (χ3n) is 5.02. The minimum atomic E-state index is -0.626. The number of rotatable bonds is 5. The number of hydrogen-bond donors (Lipinski definition) is 0. The molecule has 0 bridgehead atoms. The highest BCUT2D eigenvalue weighted by molar-refractivity contribution is 7.07. The van der Waals surface area contributed by atoms with Gasteiger partial charge in [0.2, 0.25) is 0 Å². The lowest BCUT2D eigenvalue weighted by atomic mass is 10.0. The number of carbonyl (C=O) groups excluding carboxylic acids is 1. The lowest BCUT2D eigenvalue weighted by Gasteiger charge is -2.21. The molecule has 2 aromatic carbocycles. The van der Waals surface area contributed by atoms with Crippen LogP contribution in [0, 0.1) is 0 Å². The standard InChI is InChI=1S/C25H21ClN2O3S/c1-3-31-24(30)22-16(2)27-25-28(20(22)14-13-17-9-5-4-6-10-17)23(29)21(32-25)15-18-11-7-8-12-19(18)26/h4-15,20H,3H2,1-2H3/b14-13+,21-15+/t20-/m0/s1. The van der Waals surface area contributed by atoms with Gasteiger partial charge >= 0.3 is 5.97 Å². The van der Waals surface area contributed by atoms with Crippen molar-refractivity contribution in [2.45, 2.75) is 19.9 Å². The molecule has 0 saturated carbocycles. The van der Waals surface area contributed by atoms with E-state index in [1.165, 1.54) is 11.3 Å². The van der Waals surface area contributed by atoms with Crippen molar-refractivity contribution in [1.29, 1.82) is 0 Å². The number of nitrogens with zero attached hydrogens (tertiary/aromatic N) is 2. The van der Waals surface area contributed by atoms with Gasteiger partial charge in [-0.25, -0.2) is 9.79 Å². The molecule has 1 aromatic heterocycles. The highest BCUT2D eigenvalue weighted by Crippen LogP contribution is 2.26. The summed E-state index contributed by atoms with van der Waals surface area (Å²) in [6.07, 6.45) is 5.50. The SMILES string of the molecule is CCOC(=O)C1=C(C)N=c2s/c(=C/c3ccccc3Cl)c(=O)n2[C@H]1/C=C/c1ccccc1. The van der Waals surface area contributed by atoms with Crippen LogP contribution in [0.4, 0.5) is 0 Å². The fraction of sp³-hybridized carbons (Fsp3) is 0.160. The first kappa shape index (κ1) is 22.0. The van der Waals surface area contributed by atoms with Crippen LogP contribution in [0.3, 0.4) is 0 Å². The van der Waals surface area contributed by atoms with Crippen molar-refractivity contribution in [3.63, 3.8) is 0 Å². The maximum Gasteiger partial charge on any atom is 0.338 e. The van der Waals surface area contributed by atoms with E-state index >= 15 is 0 Å². The number of aromatic nitrogens is 1. The number of thiazole rings is 1. The van der Waals surface area contributed by atoms with Gasteiger partial charge in [-0.3, -0.25) is 9.36 Å². The van der Waals surface area contributed by atoms with Gasteiger partial charge in [0, 0.05) is 5.02 Å². The van der Waals surface area contributed by atoms with Gasteiger partial charge in [0.1, 0.15) is 0 Å². The van der Waals surface area contributed by atoms with Crippen molar-refractivity contribution < 1.29 is 9.53 Å². The third kappa shape index (κ3) is 4.38. The van der Waals surface area contributed by atoms with Crippen LogP contribution in [-0.4, -0.2) is 17.1 Å². The normalized spacial score (nSPS) is 16.2. The topological polar surface area (TPSA) is 60.7 Å². The van der Waals surface area contributed by atoms with Crippen LogP contribution < -0.4 is 14.9 Å². The highest BCUT2D eigenvalue weighted by atomic mass is 35.5. The van der Waals surface area contributed by atoms with Crippen LogP contribution in [0.5, 0.6) is 0 Å². The molecule has 0 saturated heterocycles. The predicted octanol–water partition coefficient (Wildman–Crippen LogP) is 4.12. The van der Waals surface area contributed by atoms with Gasteiger partial charge in [-0.1, -0.05) is 83.6 Å². The molecule has 7 heteroatoms. The molecule has 0 unspecified atom stereocenters. The lowest BCUT2D eigenvalue weighted by Crippen LogP contribution is -2.38. The van der Waals surface area contributed by atoms with E-state index in [-0.39, 0.29) is 12.2 Å². The molecule has 1 atom stereocenters. The molecule has 5 nitrogen and oxygen atoms in total. The summed E-state index contributed by atoms with van der Waals surface area (Å²) in [6.45, 7) is 3.75. The molecule has 0 spiro atoms. The van der Waals surface area contributed by atoms with Crippen LogP contribution in [0.1, 0.15) is 31.0 Å². The molecule has 2 heterocycles. The Balaban J connectivity index is 1.89. The summed E-state index contributed by atoms with van der Waals surface area (Å²) in [4.78, 5) is 31.3. The molecule has 0 fully saturated rings. The zero-order chi connectivity index (χ0) is 22.7. The van der Waals surface area contributed by atoms with Crippen molar-refractivity contribution in [3.05, 3.63) is 108 Å². The summed E-state index contributed by atoms with van der Waals surface area (Å²) in [6, 6.07) is 16.4. The molecular formula is C25H21ClN2O3S. The van der Waals surface area contributed by atoms with Crippen LogP contribution in [0.2, 0.25) is 5.02 Å². The van der Waals surface area contributed by atoms with Gasteiger partial charge in [0.25, 0.3) is 5.56 Å². The Morgan fingerprint density at radius 1 is 1.19 bits per heavy atom. The number of hydrogen-bond acceptors (Lipinski definition) is 5. The monoisotopic (exact) mass is 464 g/mol. The molecule has 0 N–H and O–H groups in total. The van der Waals surface area contributed by atoms with E-state index in [4.69, 9.17) is 16.3 Å². The Labute approximate surface area is 194 Å². The highest BCUT2D eigenvalue weighted by Gasteiger charge is 2.30. The van der Waals surface area contributed by atoms with Gasteiger partial charge in [0.15, 0.2) is 4.80 Å². The number of ether oxygens (including phenoxy) is 1. The quantitative estimate of drug-likeness (QED) is 0.534. The Hall–Kier alpha value is -3.22. The molecule has 0 aliphatic carbocycles. The van der Waals surface area contributed by atoms with E-state index in [0.29, 0.717) is 25.6 Å². The van der Waals surface area contributed by atoms with E-state index in [1.54, 1.807) is 30.6 Å². The maximum atomic E-state index is 13.4. The van der Waals surface area contributed by atoms with Gasteiger partial charge in [-0.05, 0) is 37.1 Å². The van der Waals surface area contributed by atoms with E-state index in [0.717, 1.165) is 11.1 Å². The second-order valence-corrected chi connectivity index (χ2v) is 8.55. The fourth-order valence-corrected chi connectivity index (χ4v) is 4.75. The molecular weight excluding hydrogens is 444 g/mol. The van der Waals surface area contributed by atoms with Gasteiger partial charge in [-0.15, -0.1) is 0 Å². The summed E-state index contributed by atoms with van der Waals surface area (Å²) in [5.74, 6) is -0.475. The van der Waals surface area contributed by atoms with Crippen LogP contribution in [-0.2, 0) is 9.53 Å². The lowest BCUT2D eigenvalue weighted by molar-refractivity contribution is -0.139. The van der Waals surface area contributed by atoms with Crippen molar-refractivity contribution in [2.24, 2.45) is 4.99 Å². The van der Waals surface area contributed by atoms with Crippen LogP contribution >= 0.6 is 22.9 Å². The van der Waals surface area contributed by atoms with Gasteiger partial charge in [0.05, 0.1) is 28.5 Å². The van der Waals surface area contributed by atoms with Gasteiger partial charge in [-0.2, -0.15) is 0 Å². The largest absolute Gasteiger partial charge is 0.463 e. The first-order valence-corrected chi connectivity index (χ1v) is 11.4. The van der Waals surface area contributed by atoms with Crippen LogP contribution in [0.15, 0.2) is 81.7 Å². The zero-order valence-electron chi connectivity index (χ0n) is 17.6. The summed E-state index contributed by atoms with van der Waals surface area (Å²) in [5.41, 5.74) is 2.37. The Morgan fingerprint density at radius 2 is 1.91 bits per heavy atom. The number of carbonyl (C=O) groups is 1. The van der Waals surface area contributed by atoms with E-state index in [2.05, 4.69) is 4.99 Å². The smallest absolute Gasteiger partial charge is 0.338 e. The second-order valence-electron chi connectivity index (χ2n) is 7.14. The number of fused-ring (bicyclic) bond motifs is 1. The van der Waals surface area contributed by atoms with E-state index in [1.807, 2.05) is 60.7 Å². The molecule has 0 radical (unpaired) electrons. The average molecular weight is 465 g/mol. The number of allylic oxidation sites excluding steroid dienone is 2. The Morgan fingerprint density at radius 3 is 2.62 bits per heavy atom. The Kier molecular flexibility index (Phi) is 6.53. The van der Waals surface area contributed by atoms with Gasteiger partial charge < -0.3 is 4.74 Å². The summed E-state index contributed by atoms with van der Waals surface area (Å²) < 4.78 is 7.32. The molecule has 1 aliphatic heterocycles. The Bertz CT molecular complexity index is 1400. The minimum Gasteiger partial charge on any atom is -0.463 e. The first-order chi connectivity index (χ1) is 15.5. The number of esters is 1. The van der Waals surface area contributed by atoms with Crippen molar-refractivity contribution in [3.8, 4) is 0 Å². The van der Waals surface area contributed by atoms with E-state index in [9.17, 15) is 9.59 Å². The predicted molar refractivity (Wildman–Crippen MR) is 128 cm³/mol. The van der Waals surface area contributed by atoms with Crippen molar-refractivity contribution in [2.75, 3.05) is 6.61 Å². The summed E-state index contributed by atoms with van der Waals surface area (Å²) in [5, 5.41) is 0.558. The minimum absolute atomic E-state index is 0.231. The fourth-order valence-electron chi connectivity index (χ4n) is 3.52. The van der Waals surface area contributed by atoms with Crippen molar-refractivity contribution >= 4 is 41.1 Å². The molecule has 32 heavy (non-hydrogen) atoms. The third-order valence-corrected chi connectivity index (χ3v) is 6.35. The van der Waals surface area contributed by atoms with E-state index < -0.39 is 12.0 Å². The zero-order valence-corrected chi connectivity index (χ0v) is 19.2. The molecule has 1 aliphatic rings. The van der Waals surface area contributed by atoms with Crippen LogP contribution in [0.25, 0.3) is 12.2 Å².